The Morgan fingerprint density at radius 2 is 0.915 bits per heavy atom. The zero-order valence-corrected chi connectivity index (χ0v) is 27.4. The lowest BCUT2D eigenvalue weighted by atomic mass is 9.80. The first-order valence-corrected chi connectivity index (χ1v) is 16.7. The lowest BCUT2D eigenvalue weighted by molar-refractivity contribution is 0.660. The highest BCUT2D eigenvalue weighted by Gasteiger charge is 2.38. The molecule has 1 nitrogen and oxygen atoms in total. The van der Waals surface area contributed by atoms with Gasteiger partial charge in [0.2, 0.25) is 0 Å². The molecule has 9 rings (SSSR count). The average Bonchev–Trinajstić information content (AvgIpc) is 3.48. The second-order valence-electron chi connectivity index (χ2n) is 14.2. The third-order valence-corrected chi connectivity index (χ3v) is 10.8. The van der Waals surface area contributed by atoms with Crippen LogP contribution < -0.4 is 4.90 Å². The first-order chi connectivity index (χ1) is 22.8. The molecule has 0 radical (unpaired) electrons. The standard InChI is InChI=1S/C46H37N/c1-45(2)41-17-11-10-16-37(41)38-26-23-34(28-42(38)45)47(33-21-18-31(19-22-33)30-12-6-5-7-13-30)35-24-27-39-40-25-20-32-14-8-9-15-36(32)44(40)46(3,4)43(39)29-35/h5-29H,1-4H3. The number of hydrogen-bond donors (Lipinski definition) is 0. The predicted octanol–water partition coefficient (Wildman–Crippen LogP) is 12.6. The van der Waals surface area contributed by atoms with Gasteiger partial charge in [-0.3, -0.25) is 0 Å². The van der Waals surface area contributed by atoms with E-state index in [-0.39, 0.29) is 10.8 Å². The van der Waals surface area contributed by atoms with Crippen LogP contribution in [0.1, 0.15) is 49.9 Å². The van der Waals surface area contributed by atoms with E-state index in [4.69, 9.17) is 0 Å². The van der Waals surface area contributed by atoms with E-state index in [0.29, 0.717) is 0 Å². The van der Waals surface area contributed by atoms with Crippen LogP contribution in [0.25, 0.3) is 44.2 Å². The highest BCUT2D eigenvalue weighted by atomic mass is 15.1. The van der Waals surface area contributed by atoms with Crippen molar-refractivity contribution in [1.29, 1.82) is 0 Å². The second kappa shape index (κ2) is 10.0. The van der Waals surface area contributed by atoms with Crippen molar-refractivity contribution in [3.05, 3.63) is 174 Å². The molecule has 7 aromatic rings. The summed E-state index contributed by atoms with van der Waals surface area (Å²) in [6.07, 6.45) is 0. The van der Waals surface area contributed by atoms with Gasteiger partial charge in [-0.25, -0.2) is 0 Å². The number of benzene rings is 7. The number of fused-ring (bicyclic) bond motifs is 8. The van der Waals surface area contributed by atoms with Crippen LogP contribution in [0.5, 0.6) is 0 Å². The van der Waals surface area contributed by atoms with Crippen LogP contribution in [0.2, 0.25) is 0 Å². The van der Waals surface area contributed by atoms with E-state index in [9.17, 15) is 0 Å². The molecule has 0 heterocycles. The summed E-state index contributed by atoms with van der Waals surface area (Å²) in [6.45, 7) is 9.50. The molecule has 47 heavy (non-hydrogen) atoms. The van der Waals surface area contributed by atoms with Crippen molar-refractivity contribution in [3.63, 3.8) is 0 Å². The molecule has 0 aromatic heterocycles. The molecule has 7 aromatic carbocycles. The summed E-state index contributed by atoms with van der Waals surface area (Å²) in [5.74, 6) is 0. The number of rotatable bonds is 4. The number of nitrogens with zero attached hydrogens (tertiary/aromatic N) is 1. The van der Waals surface area contributed by atoms with E-state index in [1.165, 1.54) is 77.8 Å². The van der Waals surface area contributed by atoms with Crippen molar-refractivity contribution in [2.24, 2.45) is 0 Å². The van der Waals surface area contributed by atoms with Crippen LogP contribution in [0.3, 0.4) is 0 Å². The van der Waals surface area contributed by atoms with E-state index in [1.54, 1.807) is 0 Å². The quantitative estimate of drug-likeness (QED) is 0.193. The summed E-state index contributed by atoms with van der Waals surface area (Å²) in [5.41, 5.74) is 16.7. The van der Waals surface area contributed by atoms with Gasteiger partial charge in [0.05, 0.1) is 0 Å². The minimum Gasteiger partial charge on any atom is -0.310 e. The normalized spacial score (nSPS) is 14.7. The minimum absolute atomic E-state index is 0.0760. The predicted molar refractivity (Wildman–Crippen MR) is 199 cm³/mol. The smallest absolute Gasteiger partial charge is 0.0465 e. The molecular formula is C46H37N. The van der Waals surface area contributed by atoms with Crippen LogP contribution in [-0.4, -0.2) is 0 Å². The third-order valence-electron chi connectivity index (χ3n) is 10.8. The van der Waals surface area contributed by atoms with Gasteiger partial charge in [-0.1, -0.05) is 143 Å². The molecule has 0 amide bonds. The Hall–Kier alpha value is -5.40. The summed E-state index contributed by atoms with van der Waals surface area (Å²) >= 11 is 0. The van der Waals surface area contributed by atoms with E-state index < -0.39 is 0 Å². The fourth-order valence-corrected chi connectivity index (χ4v) is 8.44. The van der Waals surface area contributed by atoms with Gasteiger partial charge in [0, 0.05) is 27.9 Å². The van der Waals surface area contributed by atoms with Crippen molar-refractivity contribution < 1.29 is 0 Å². The maximum Gasteiger partial charge on any atom is 0.0465 e. The molecule has 0 fully saturated rings. The van der Waals surface area contributed by atoms with Gasteiger partial charge in [0.15, 0.2) is 0 Å². The van der Waals surface area contributed by atoms with Crippen LogP contribution in [0.15, 0.2) is 152 Å². The molecule has 0 unspecified atom stereocenters. The van der Waals surface area contributed by atoms with Crippen LogP contribution >= 0.6 is 0 Å². The maximum absolute atomic E-state index is 2.45. The molecule has 2 aliphatic carbocycles. The molecule has 0 N–H and O–H groups in total. The van der Waals surface area contributed by atoms with Crippen molar-refractivity contribution in [2.45, 2.75) is 38.5 Å². The van der Waals surface area contributed by atoms with Gasteiger partial charge >= 0.3 is 0 Å². The lowest BCUT2D eigenvalue weighted by Crippen LogP contribution is -2.18. The summed E-state index contributed by atoms with van der Waals surface area (Å²) in [6, 6.07) is 56.2. The van der Waals surface area contributed by atoms with E-state index in [1.807, 2.05) is 0 Å². The van der Waals surface area contributed by atoms with Crippen molar-refractivity contribution in [3.8, 4) is 33.4 Å². The summed E-state index contributed by atoms with van der Waals surface area (Å²) in [4.78, 5) is 2.45. The summed E-state index contributed by atoms with van der Waals surface area (Å²) < 4.78 is 0. The SMILES string of the molecule is CC1(C)c2ccccc2-c2ccc(N(c3ccc(-c4ccccc4)cc3)c3ccc4c(c3)C(C)(C)c3c-4ccc4ccccc34)cc21. The minimum atomic E-state index is -0.133. The first-order valence-electron chi connectivity index (χ1n) is 16.7. The van der Waals surface area contributed by atoms with Gasteiger partial charge in [-0.2, -0.15) is 0 Å². The van der Waals surface area contributed by atoms with E-state index in [0.717, 1.165) is 5.69 Å². The Bertz CT molecular complexity index is 2340. The lowest BCUT2D eigenvalue weighted by Gasteiger charge is -2.30. The maximum atomic E-state index is 2.45. The Labute approximate surface area is 277 Å². The molecule has 0 spiro atoms. The molecule has 2 aliphatic rings. The monoisotopic (exact) mass is 603 g/mol. The fourth-order valence-electron chi connectivity index (χ4n) is 8.44. The zero-order valence-electron chi connectivity index (χ0n) is 27.4. The Kier molecular flexibility index (Phi) is 5.96. The van der Waals surface area contributed by atoms with Crippen molar-refractivity contribution in [2.75, 3.05) is 4.90 Å². The average molecular weight is 604 g/mol. The molecule has 226 valence electrons. The Morgan fingerprint density at radius 1 is 0.383 bits per heavy atom. The van der Waals surface area contributed by atoms with E-state index >= 15 is 0 Å². The largest absolute Gasteiger partial charge is 0.310 e. The molecule has 0 bridgehead atoms. The van der Waals surface area contributed by atoms with Gasteiger partial charge in [0.1, 0.15) is 0 Å². The van der Waals surface area contributed by atoms with Gasteiger partial charge < -0.3 is 4.90 Å². The summed E-state index contributed by atoms with van der Waals surface area (Å²) in [7, 11) is 0. The second-order valence-corrected chi connectivity index (χ2v) is 14.2. The molecular weight excluding hydrogens is 567 g/mol. The topological polar surface area (TPSA) is 3.24 Å². The molecule has 0 atom stereocenters. The highest BCUT2D eigenvalue weighted by Crippen LogP contribution is 2.54. The molecule has 0 saturated heterocycles. The van der Waals surface area contributed by atoms with E-state index in [2.05, 4.69) is 184 Å². The number of hydrogen-bond acceptors (Lipinski definition) is 1. The van der Waals surface area contributed by atoms with Gasteiger partial charge in [0.25, 0.3) is 0 Å². The summed E-state index contributed by atoms with van der Waals surface area (Å²) in [5, 5.41) is 2.65. The fraction of sp³-hybridized carbons (Fsp3) is 0.130. The van der Waals surface area contributed by atoms with Crippen LogP contribution in [-0.2, 0) is 10.8 Å². The molecule has 0 saturated carbocycles. The van der Waals surface area contributed by atoms with Gasteiger partial charge in [-0.15, -0.1) is 0 Å². The van der Waals surface area contributed by atoms with Crippen molar-refractivity contribution in [1.82, 2.24) is 0 Å². The van der Waals surface area contributed by atoms with Crippen LogP contribution in [0, 0.1) is 0 Å². The molecule has 1 heteroatoms. The van der Waals surface area contributed by atoms with Crippen molar-refractivity contribution >= 4 is 27.8 Å². The zero-order chi connectivity index (χ0) is 31.9. The Morgan fingerprint density at radius 3 is 1.66 bits per heavy atom. The number of anilines is 3. The Balaban J connectivity index is 1.22. The van der Waals surface area contributed by atoms with Crippen LogP contribution in [0.4, 0.5) is 17.1 Å². The molecule has 0 aliphatic heterocycles. The first kappa shape index (κ1) is 27.9. The highest BCUT2D eigenvalue weighted by molar-refractivity contribution is 5.98. The van der Waals surface area contributed by atoms with Gasteiger partial charge in [-0.05, 0) is 103 Å². The third kappa shape index (κ3) is 4.09.